The van der Waals surface area contributed by atoms with Crippen LogP contribution < -0.4 is 4.72 Å². The van der Waals surface area contributed by atoms with E-state index in [0.29, 0.717) is 11.3 Å². The van der Waals surface area contributed by atoms with Crippen molar-refractivity contribution in [2.24, 2.45) is 49.8 Å². The molecular formula is C33H45N3O4S. The van der Waals surface area contributed by atoms with E-state index >= 15 is 0 Å². The van der Waals surface area contributed by atoms with Crippen LogP contribution in [0.3, 0.4) is 0 Å². The molecule has 7 nitrogen and oxygen atoms in total. The van der Waals surface area contributed by atoms with E-state index in [1.807, 2.05) is 26.0 Å². The molecule has 0 aliphatic heterocycles. The second-order valence-corrected chi connectivity index (χ2v) is 17.5. The number of hydrogen-bond donors (Lipinski definition) is 1. The van der Waals surface area contributed by atoms with Gasteiger partial charge in [-0.1, -0.05) is 46.3 Å². The van der Waals surface area contributed by atoms with E-state index in [9.17, 15) is 18.0 Å². The highest BCUT2D eigenvalue weighted by Gasteiger charge is 2.70. The summed E-state index contributed by atoms with van der Waals surface area (Å²) < 4.78 is 26.7. The maximum absolute atomic E-state index is 14.6. The van der Waals surface area contributed by atoms with Crippen molar-refractivity contribution >= 4 is 27.4 Å². The SMILES string of the molecule is [C-]#[N+]C1=C[C@]2(C)C3=CC(=O)[C@@H]4[C@@H]5CC6(CC6)CC[C@]5(N=C(C)NS(C)(=O)=O)CC[C@@]4(C)[C@]3(C)CC[C@H]2C(C)(C)C1=O. The first-order valence-corrected chi connectivity index (χ1v) is 17.2. The summed E-state index contributed by atoms with van der Waals surface area (Å²) in [6, 6.07) is 0. The Morgan fingerprint density at radius 2 is 1.66 bits per heavy atom. The lowest BCUT2D eigenvalue weighted by molar-refractivity contribution is -0.156. The second-order valence-electron chi connectivity index (χ2n) is 15.7. The van der Waals surface area contributed by atoms with E-state index in [1.54, 1.807) is 6.92 Å². The number of aliphatic imine (C=N–C) groups is 1. The Labute approximate surface area is 245 Å². The Morgan fingerprint density at radius 3 is 2.27 bits per heavy atom. The van der Waals surface area contributed by atoms with Crippen LogP contribution in [0.1, 0.15) is 99.3 Å². The number of amidine groups is 1. The molecule has 0 bridgehead atoms. The molecule has 7 atom stereocenters. The third kappa shape index (κ3) is 3.86. The van der Waals surface area contributed by atoms with Gasteiger partial charge in [0.2, 0.25) is 15.7 Å². The monoisotopic (exact) mass is 579 g/mol. The molecule has 0 aromatic heterocycles. The van der Waals surface area contributed by atoms with Crippen LogP contribution in [-0.4, -0.2) is 37.6 Å². The molecule has 4 fully saturated rings. The minimum atomic E-state index is -3.44. The second kappa shape index (κ2) is 8.42. The van der Waals surface area contributed by atoms with Gasteiger partial charge in [-0.25, -0.2) is 13.3 Å². The van der Waals surface area contributed by atoms with Gasteiger partial charge in [0.25, 0.3) is 0 Å². The number of rotatable bonds is 2. The Morgan fingerprint density at radius 1 is 1.02 bits per heavy atom. The number of carbonyl (C=O) groups excluding carboxylic acids is 2. The normalized spacial score (nSPS) is 44.3. The molecule has 0 unspecified atom stereocenters. The molecule has 8 heteroatoms. The van der Waals surface area contributed by atoms with Gasteiger partial charge < -0.3 is 4.79 Å². The summed E-state index contributed by atoms with van der Waals surface area (Å²) in [5, 5.41) is 0. The topological polar surface area (TPSA) is 97.0 Å². The van der Waals surface area contributed by atoms with E-state index in [4.69, 9.17) is 11.6 Å². The summed E-state index contributed by atoms with van der Waals surface area (Å²) in [5.41, 5.74) is -0.613. The summed E-state index contributed by atoms with van der Waals surface area (Å²) >= 11 is 0. The van der Waals surface area contributed by atoms with Gasteiger partial charge in [0.15, 0.2) is 11.6 Å². The van der Waals surface area contributed by atoms with Gasteiger partial charge in [-0.15, -0.1) is 0 Å². The van der Waals surface area contributed by atoms with Crippen LogP contribution in [0.25, 0.3) is 4.85 Å². The first-order chi connectivity index (χ1) is 18.9. The third-order valence-corrected chi connectivity index (χ3v) is 13.9. The Balaban J connectivity index is 1.49. The predicted molar refractivity (Wildman–Crippen MR) is 159 cm³/mol. The zero-order valence-electron chi connectivity index (χ0n) is 25.7. The molecule has 0 saturated heterocycles. The zero-order valence-corrected chi connectivity index (χ0v) is 26.5. The van der Waals surface area contributed by atoms with Crippen LogP contribution in [0, 0.1) is 51.4 Å². The lowest BCUT2D eigenvalue weighted by Crippen LogP contribution is -2.65. The maximum Gasteiger partial charge on any atom is 0.230 e. The first-order valence-electron chi connectivity index (χ1n) is 15.3. The molecule has 0 aromatic rings. The molecule has 1 N–H and O–H groups in total. The minimum absolute atomic E-state index is 0.0293. The van der Waals surface area contributed by atoms with E-state index in [1.165, 1.54) is 12.8 Å². The van der Waals surface area contributed by atoms with Crippen molar-refractivity contribution in [2.45, 2.75) is 105 Å². The fraction of sp³-hybridized carbons (Fsp3) is 0.758. The molecule has 41 heavy (non-hydrogen) atoms. The number of allylic oxidation sites excluding steroid dienone is 4. The number of sulfonamides is 1. The molecule has 6 aliphatic rings. The Bertz CT molecular complexity index is 1490. The lowest BCUT2D eigenvalue weighted by Gasteiger charge is -2.68. The third-order valence-electron chi connectivity index (χ3n) is 13.2. The molecule has 6 rings (SSSR count). The highest BCUT2D eigenvalue weighted by atomic mass is 32.2. The molecule has 0 radical (unpaired) electrons. The van der Waals surface area contributed by atoms with E-state index in [0.717, 1.165) is 56.8 Å². The van der Waals surface area contributed by atoms with Crippen LogP contribution in [-0.2, 0) is 19.6 Å². The standard InChI is InChI=1S/C33H45N3O4S/c1-20(36-41(8,39)40)35-33-15-11-31(6)26(21(33)18-32(12-13-32)14-16-33)23(37)17-25-29(4)19-22(34-7)27(38)28(2,3)24(29)9-10-30(25,31)5/h17,19,21,24,26H,9-16,18H2,1-6,8H3,(H,35,36)/t21-,24-,26-,29-,30+,31+,33+/m0/s1. The van der Waals surface area contributed by atoms with Crippen molar-refractivity contribution in [1.82, 2.24) is 4.72 Å². The van der Waals surface area contributed by atoms with Crippen molar-refractivity contribution in [3.8, 4) is 0 Å². The predicted octanol–water partition coefficient (Wildman–Crippen LogP) is 6.03. The van der Waals surface area contributed by atoms with Crippen molar-refractivity contribution in [1.29, 1.82) is 0 Å². The molecule has 1 spiro atoms. The average molecular weight is 580 g/mol. The molecule has 222 valence electrons. The number of carbonyl (C=O) groups is 2. The van der Waals surface area contributed by atoms with Crippen molar-refractivity contribution in [3.63, 3.8) is 0 Å². The van der Waals surface area contributed by atoms with Gasteiger partial charge >= 0.3 is 0 Å². The fourth-order valence-corrected chi connectivity index (χ4v) is 11.4. The summed E-state index contributed by atoms with van der Waals surface area (Å²) in [5.74, 6) is 0.380. The summed E-state index contributed by atoms with van der Waals surface area (Å²) in [6.07, 6.45) is 13.8. The van der Waals surface area contributed by atoms with E-state index in [2.05, 4.69) is 30.3 Å². The summed E-state index contributed by atoms with van der Waals surface area (Å²) in [7, 11) is -3.44. The maximum atomic E-state index is 14.6. The number of ketones is 2. The van der Waals surface area contributed by atoms with Crippen LogP contribution in [0.4, 0.5) is 0 Å². The van der Waals surface area contributed by atoms with Crippen LogP contribution in [0.2, 0.25) is 0 Å². The molecule has 4 saturated carbocycles. The fourth-order valence-electron chi connectivity index (χ4n) is 10.8. The van der Waals surface area contributed by atoms with Gasteiger partial charge in [-0.2, -0.15) is 0 Å². The van der Waals surface area contributed by atoms with E-state index < -0.39 is 26.4 Å². The largest absolute Gasteiger partial charge is 0.307 e. The van der Waals surface area contributed by atoms with E-state index in [-0.39, 0.29) is 45.8 Å². The Kier molecular flexibility index (Phi) is 5.92. The highest BCUT2D eigenvalue weighted by Crippen LogP contribution is 2.75. The molecule has 0 amide bonds. The number of fused-ring (bicyclic) bond motifs is 7. The molecule has 0 heterocycles. The smallest absolute Gasteiger partial charge is 0.230 e. The number of nitrogens with zero attached hydrogens (tertiary/aromatic N) is 2. The van der Waals surface area contributed by atoms with Crippen molar-refractivity contribution in [2.75, 3.05) is 6.26 Å². The minimum Gasteiger partial charge on any atom is -0.307 e. The number of hydrogen-bond acceptors (Lipinski definition) is 5. The quantitative estimate of drug-likeness (QED) is 0.245. The van der Waals surface area contributed by atoms with Crippen molar-refractivity contribution in [3.05, 3.63) is 34.8 Å². The van der Waals surface area contributed by atoms with Crippen LogP contribution in [0.5, 0.6) is 0 Å². The summed E-state index contributed by atoms with van der Waals surface area (Å²) in [4.78, 5) is 36.7. The van der Waals surface area contributed by atoms with Crippen LogP contribution in [0.15, 0.2) is 28.4 Å². The van der Waals surface area contributed by atoms with Gasteiger partial charge in [0.05, 0.1) is 18.4 Å². The molecule has 0 aromatic carbocycles. The van der Waals surface area contributed by atoms with Crippen molar-refractivity contribution < 1.29 is 18.0 Å². The highest BCUT2D eigenvalue weighted by molar-refractivity contribution is 7.89. The number of nitrogens with one attached hydrogen (secondary N) is 1. The first kappa shape index (κ1) is 28.8. The number of Topliss-reactive ketones (excluding diaryl/α,β-unsaturated/α-hetero) is 1. The van der Waals surface area contributed by atoms with Gasteiger partial charge in [0, 0.05) is 16.7 Å². The molecule has 6 aliphatic carbocycles. The Hall–Kier alpha value is -2.27. The average Bonchev–Trinajstić information content (AvgIpc) is 3.61. The molecular weight excluding hydrogens is 534 g/mol. The zero-order chi connectivity index (χ0) is 30.0. The van der Waals surface area contributed by atoms with Gasteiger partial charge in [-0.3, -0.25) is 14.5 Å². The van der Waals surface area contributed by atoms with Gasteiger partial charge in [-0.05, 0) is 98.9 Å². The lowest BCUT2D eigenvalue weighted by atomic mass is 9.35. The summed E-state index contributed by atoms with van der Waals surface area (Å²) in [6.45, 7) is 20.3. The van der Waals surface area contributed by atoms with Gasteiger partial charge in [0.1, 0.15) is 5.84 Å². The van der Waals surface area contributed by atoms with Crippen LogP contribution >= 0.6 is 0 Å².